The van der Waals surface area contributed by atoms with Crippen LogP contribution in [-0.2, 0) is 11.8 Å². The van der Waals surface area contributed by atoms with Gasteiger partial charge in [0.1, 0.15) is 6.10 Å². The molecule has 0 aliphatic carbocycles. The topological polar surface area (TPSA) is 51.5 Å². The number of cyclic esters (lactones) is 1. The number of carbonyl (C=O) groups excluding carboxylic acids is 1. The summed E-state index contributed by atoms with van der Waals surface area (Å²) in [6.07, 6.45) is 0.454. The molecule has 1 amide bonds. The van der Waals surface area contributed by atoms with E-state index in [4.69, 9.17) is 4.74 Å². The molecule has 100 valence electrons. The zero-order chi connectivity index (χ0) is 13.6. The average Bonchev–Trinajstić information content (AvgIpc) is 2.91. The summed E-state index contributed by atoms with van der Waals surface area (Å²) < 4.78 is 7.74. The molecule has 0 radical (unpaired) electrons. The number of carbonyl (C=O) groups is 1. The number of hydrogen-bond donors (Lipinski definition) is 0. The number of aryl methyl sites for hydroxylation is 1. The van der Waals surface area contributed by atoms with E-state index in [0.717, 1.165) is 22.3 Å². The molecule has 1 aliphatic rings. The van der Waals surface area contributed by atoms with Crippen molar-refractivity contribution in [2.24, 2.45) is 7.05 Å². The summed E-state index contributed by atoms with van der Waals surface area (Å²) in [6, 6.07) is 5.60. The third-order valence-corrected chi connectivity index (χ3v) is 4.41. The maximum absolute atomic E-state index is 11.8. The lowest BCUT2D eigenvalue weighted by atomic mass is 10.2. The Kier molecular flexibility index (Phi) is 2.82. The molecule has 1 aromatic carbocycles. The lowest BCUT2D eigenvalue weighted by Gasteiger charge is -2.12. The third-order valence-electron chi connectivity index (χ3n) is 3.42. The molecule has 1 saturated heterocycles. The van der Waals surface area contributed by atoms with Crippen molar-refractivity contribution >= 4 is 33.3 Å². The number of rotatable bonds is 2. The maximum atomic E-state index is 11.8. The van der Waals surface area contributed by atoms with Gasteiger partial charge in [-0.05, 0) is 24.6 Å². The van der Waals surface area contributed by atoms with Crippen LogP contribution in [0.4, 0.5) is 10.5 Å². The first-order valence-electron chi connectivity index (χ1n) is 6.18. The Morgan fingerprint density at radius 1 is 1.42 bits per heavy atom. The van der Waals surface area contributed by atoms with Crippen LogP contribution < -0.4 is 9.77 Å². The van der Waals surface area contributed by atoms with Crippen LogP contribution in [0.3, 0.4) is 0 Å². The van der Waals surface area contributed by atoms with Gasteiger partial charge in [0.25, 0.3) is 0 Å². The van der Waals surface area contributed by atoms with Crippen LogP contribution in [-0.4, -0.2) is 23.3 Å². The Balaban J connectivity index is 2.02. The summed E-state index contributed by atoms with van der Waals surface area (Å²) in [7, 11) is 1.75. The van der Waals surface area contributed by atoms with E-state index in [1.54, 1.807) is 16.5 Å². The number of thiazole rings is 1. The Morgan fingerprint density at radius 2 is 2.21 bits per heavy atom. The van der Waals surface area contributed by atoms with Gasteiger partial charge < -0.3 is 9.30 Å². The minimum Gasteiger partial charge on any atom is -0.444 e. The van der Waals surface area contributed by atoms with Gasteiger partial charge in [-0.1, -0.05) is 18.3 Å². The highest BCUT2D eigenvalue weighted by Crippen LogP contribution is 2.27. The van der Waals surface area contributed by atoms with E-state index >= 15 is 0 Å². The van der Waals surface area contributed by atoms with E-state index in [2.05, 4.69) is 0 Å². The predicted octanol–water partition coefficient (Wildman–Crippen LogP) is 2.34. The second-order valence-corrected chi connectivity index (χ2v) is 5.60. The minimum atomic E-state index is -0.311. The van der Waals surface area contributed by atoms with Crippen molar-refractivity contribution in [2.45, 2.75) is 19.4 Å². The molecule has 1 fully saturated rings. The second-order valence-electron chi connectivity index (χ2n) is 4.60. The fourth-order valence-corrected chi connectivity index (χ4v) is 3.15. The van der Waals surface area contributed by atoms with Gasteiger partial charge in [0.05, 0.1) is 16.8 Å². The quantitative estimate of drug-likeness (QED) is 0.847. The number of ether oxygens (including phenoxy) is 1. The first kappa shape index (κ1) is 12.2. The van der Waals surface area contributed by atoms with Gasteiger partial charge in [-0.2, -0.15) is 0 Å². The molecule has 2 heterocycles. The molecule has 5 nitrogen and oxygen atoms in total. The Bertz CT molecular complexity index is 703. The maximum Gasteiger partial charge on any atom is 0.414 e. The van der Waals surface area contributed by atoms with Gasteiger partial charge in [0.15, 0.2) is 0 Å². The molecule has 2 aromatic rings. The first-order chi connectivity index (χ1) is 9.10. The van der Waals surface area contributed by atoms with Gasteiger partial charge >= 0.3 is 11.0 Å². The van der Waals surface area contributed by atoms with Crippen LogP contribution in [0, 0.1) is 0 Å². The fourth-order valence-electron chi connectivity index (χ4n) is 2.24. The van der Waals surface area contributed by atoms with E-state index in [1.807, 2.05) is 25.1 Å². The van der Waals surface area contributed by atoms with E-state index in [0.29, 0.717) is 6.54 Å². The van der Waals surface area contributed by atoms with Crippen LogP contribution in [0.2, 0.25) is 0 Å². The van der Waals surface area contributed by atoms with Crippen molar-refractivity contribution < 1.29 is 9.53 Å². The van der Waals surface area contributed by atoms with E-state index in [1.165, 1.54) is 11.3 Å². The van der Waals surface area contributed by atoms with E-state index in [-0.39, 0.29) is 17.1 Å². The average molecular weight is 278 g/mol. The predicted molar refractivity (Wildman–Crippen MR) is 75.0 cm³/mol. The molecular formula is C13H14N2O3S. The Labute approximate surface area is 114 Å². The van der Waals surface area contributed by atoms with Crippen molar-refractivity contribution in [3.05, 3.63) is 27.9 Å². The molecule has 6 heteroatoms. The zero-order valence-corrected chi connectivity index (χ0v) is 11.6. The van der Waals surface area contributed by atoms with Gasteiger partial charge in [-0.25, -0.2) is 4.79 Å². The largest absolute Gasteiger partial charge is 0.444 e. The molecule has 1 aliphatic heterocycles. The van der Waals surface area contributed by atoms with E-state index in [9.17, 15) is 9.59 Å². The van der Waals surface area contributed by atoms with Crippen LogP contribution in [0.15, 0.2) is 23.0 Å². The summed E-state index contributed by atoms with van der Waals surface area (Å²) in [5.41, 5.74) is 1.67. The minimum absolute atomic E-state index is 0.00239. The van der Waals surface area contributed by atoms with Crippen LogP contribution in [0.25, 0.3) is 10.2 Å². The number of hydrogen-bond acceptors (Lipinski definition) is 4. The van der Waals surface area contributed by atoms with Gasteiger partial charge in [0.2, 0.25) is 0 Å². The molecule has 0 saturated carbocycles. The highest BCUT2D eigenvalue weighted by atomic mass is 32.1. The molecule has 0 spiro atoms. The smallest absolute Gasteiger partial charge is 0.414 e. The summed E-state index contributed by atoms with van der Waals surface area (Å²) in [4.78, 5) is 25.0. The van der Waals surface area contributed by atoms with Crippen LogP contribution >= 0.6 is 11.3 Å². The summed E-state index contributed by atoms with van der Waals surface area (Å²) in [6.45, 7) is 2.57. The molecule has 0 unspecified atom stereocenters. The lowest BCUT2D eigenvalue weighted by Crippen LogP contribution is -2.24. The summed E-state index contributed by atoms with van der Waals surface area (Å²) >= 11 is 1.19. The number of benzene rings is 1. The number of nitrogens with zero attached hydrogens (tertiary/aromatic N) is 2. The molecular weight excluding hydrogens is 264 g/mol. The lowest BCUT2D eigenvalue weighted by molar-refractivity contribution is 0.139. The fraction of sp³-hybridized carbons (Fsp3) is 0.385. The third kappa shape index (κ3) is 1.92. The highest BCUT2D eigenvalue weighted by molar-refractivity contribution is 7.16. The SMILES string of the molecule is CC[C@H]1CN(c2ccc3c(c2)sc(=O)n3C)C(=O)O1. The Hall–Kier alpha value is -1.82. The monoisotopic (exact) mass is 278 g/mol. The second kappa shape index (κ2) is 4.38. The number of aromatic nitrogens is 1. The summed E-state index contributed by atoms with van der Waals surface area (Å²) in [5.74, 6) is 0. The van der Waals surface area contributed by atoms with Crippen molar-refractivity contribution in [1.29, 1.82) is 0 Å². The summed E-state index contributed by atoms with van der Waals surface area (Å²) in [5, 5.41) is 0. The molecule has 0 N–H and O–H groups in total. The van der Waals surface area contributed by atoms with Gasteiger partial charge in [-0.3, -0.25) is 9.69 Å². The first-order valence-corrected chi connectivity index (χ1v) is 6.99. The van der Waals surface area contributed by atoms with Crippen molar-refractivity contribution in [3.8, 4) is 0 Å². The number of anilines is 1. The van der Waals surface area contributed by atoms with Crippen LogP contribution in [0.5, 0.6) is 0 Å². The number of amides is 1. The van der Waals surface area contributed by atoms with Gasteiger partial charge in [-0.15, -0.1) is 0 Å². The Morgan fingerprint density at radius 3 is 2.89 bits per heavy atom. The molecule has 3 rings (SSSR count). The normalized spacial score (nSPS) is 19.2. The number of fused-ring (bicyclic) bond motifs is 1. The molecule has 1 aromatic heterocycles. The molecule has 19 heavy (non-hydrogen) atoms. The molecule has 1 atom stereocenters. The van der Waals surface area contributed by atoms with Crippen LogP contribution in [0.1, 0.15) is 13.3 Å². The van der Waals surface area contributed by atoms with Gasteiger partial charge in [0, 0.05) is 12.7 Å². The van der Waals surface area contributed by atoms with Crippen molar-refractivity contribution in [3.63, 3.8) is 0 Å². The zero-order valence-electron chi connectivity index (χ0n) is 10.8. The highest BCUT2D eigenvalue weighted by Gasteiger charge is 2.31. The van der Waals surface area contributed by atoms with Crippen molar-refractivity contribution in [1.82, 2.24) is 4.57 Å². The molecule has 0 bridgehead atoms. The standard InChI is InChI=1S/C13H14N2O3S/c1-3-9-7-15(12(16)18-9)8-4-5-10-11(6-8)19-13(17)14(10)2/h4-6,9H,3,7H2,1-2H3/t9-/m0/s1. The van der Waals surface area contributed by atoms with Crippen molar-refractivity contribution in [2.75, 3.05) is 11.4 Å². The van der Waals surface area contributed by atoms with E-state index < -0.39 is 0 Å².